The van der Waals surface area contributed by atoms with E-state index in [2.05, 4.69) is 50.4 Å². The monoisotopic (exact) mass is 247 g/mol. The van der Waals surface area contributed by atoms with Crippen LogP contribution in [0.15, 0.2) is 24.3 Å². The highest BCUT2D eigenvalue weighted by Crippen LogP contribution is 2.32. The Morgan fingerprint density at radius 2 is 2.11 bits per heavy atom. The van der Waals surface area contributed by atoms with Gasteiger partial charge in [0.15, 0.2) is 0 Å². The Morgan fingerprint density at radius 3 is 2.83 bits per heavy atom. The molecule has 0 fully saturated rings. The minimum Gasteiger partial charge on any atom is -0.493 e. The third-order valence-electron chi connectivity index (χ3n) is 3.95. The first-order valence-corrected chi connectivity index (χ1v) is 7.17. The molecule has 0 aromatic heterocycles. The predicted molar refractivity (Wildman–Crippen MR) is 76.2 cm³/mol. The fourth-order valence-corrected chi connectivity index (χ4v) is 2.77. The number of hydrogen-bond acceptors (Lipinski definition) is 2. The van der Waals surface area contributed by atoms with Crippen molar-refractivity contribution in [2.75, 3.05) is 13.2 Å². The van der Waals surface area contributed by atoms with Crippen LogP contribution in [-0.2, 0) is 0 Å². The lowest BCUT2D eigenvalue weighted by atomic mass is 9.92. The maximum absolute atomic E-state index is 5.71. The molecule has 100 valence electrons. The lowest BCUT2D eigenvalue weighted by molar-refractivity contribution is 0.258. The van der Waals surface area contributed by atoms with Gasteiger partial charge in [0.2, 0.25) is 0 Å². The van der Waals surface area contributed by atoms with Crippen molar-refractivity contribution in [3.8, 4) is 5.75 Å². The normalized spacial score (nSPS) is 20.3. The molecule has 18 heavy (non-hydrogen) atoms. The zero-order chi connectivity index (χ0) is 13.0. The van der Waals surface area contributed by atoms with Gasteiger partial charge in [0.25, 0.3) is 0 Å². The SMILES string of the molecule is CCC(NCC1CCOc2ccccc21)C(C)C. The van der Waals surface area contributed by atoms with E-state index < -0.39 is 0 Å². The number of para-hydroxylation sites is 1. The molecule has 2 heteroatoms. The molecule has 1 aliphatic heterocycles. The first-order valence-electron chi connectivity index (χ1n) is 7.17. The summed E-state index contributed by atoms with van der Waals surface area (Å²) in [6.45, 7) is 8.76. The second-order valence-corrected chi connectivity index (χ2v) is 5.54. The first-order chi connectivity index (χ1) is 8.72. The van der Waals surface area contributed by atoms with Gasteiger partial charge in [0, 0.05) is 18.5 Å². The van der Waals surface area contributed by atoms with E-state index in [0.29, 0.717) is 17.9 Å². The van der Waals surface area contributed by atoms with Gasteiger partial charge >= 0.3 is 0 Å². The van der Waals surface area contributed by atoms with Crippen molar-refractivity contribution in [1.29, 1.82) is 0 Å². The Hall–Kier alpha value is -1.02. The summed E-state index contributed by atoms with van der Waals surface area (Å²) in [4.78, 5) is 0. The molecule has 0 saturated heterocycles. The highest BCUT2D eigenvalue weighted by atomic mass is 16.5. The Bertz CT molecular complexity index is 375. The van der Waals surface area contributed by atoms with Crippen molar-refractivity contribution in [1.82, 2.24) is 5.32 Å². The Kier molecular flexibility index (Phi) is 4.65. The fraction of sp³-hybridized carbons (Fsp3) is 0.625. The van der Waals surface area contributed by atoms with Crippen LogP contribution in [0.5, 0.6) is 5.75 Å². The van der Waals surface area contributed by atoms with Crippen molar-refractivity contribution in [3.05, 3.63) is 29.8 Å². The Balaban J connectivity index is 1.99. The van der Waals surface area contributed by atoms with Crippen LogP contribution in [0, 0.1) is 5.92 Å². The molecule has 2 nitrogen and oxygen atoms in total. The first kappa shape index (κ1) is 13.4. The molecule has 0 spiro atoms. The van der Waals surface area contributed by atoms with Crippen LogP contribution in [0.2, 0.25) is 0 Å². The second kappa shape index (κ2) is 6.24. The molecule has 0 radical (unpaired) electrons. The average molecular weight is 247 g/mol. The Labute approximate surface area is 111 Å². The highest BCUT2D eigenvalue weighted by Gasteiger charge is 2.22. The van der Waals surface area contributed by atoms with Gasteiger partial charge in [-0.25, -0.2) is 0 Å². The van der Waals surface area contributed by atoms with Gasteiger partial charge in [-0.1, -0.05) is 39.0 Å². The molecule has 2 rings (SSSR count). The van der Waals surface area contributed by atoms with Crippen LogP contribution >= 0.6 is 0 Å². The van der Waals surface area contributed by atoms with Gasteiger partial charge in [0.1, 0.15) is 5.75 Å². The summed E-state index contributed by atoms with van der Waals surface area (Å²) in [6, 6.07) is 9.08. The number of benzene rings is 1. The van der Waals surface area contributed by atoms with Gasteiger partial charge in [0.05, 0.1) is 6.61 Å². The third kappa shape index (κ3) is 3.05. The molecule has 1 N–H and O–H groups in total. The largest absolute Gasteiger partial charge is 0.493 e. The van der Waals surface area contributed by atoms with E-state index in [0.717, 1.165) is 25.3 Å². The summed E-state index contributed by atoms with van der Waals surface area (Å²) >= 11 is 0. The van der Waals surface area contributed by atoms with Crippen LogP contribution in [0.1, 0.15) is 45.1 Å². The van der Waals surface area contributed by atoms with Gasteiger partial charge in [-0.15, -0.1) is 0 Å². The summed E-state index contributed by atoms with van der Waals surface area (Å²) in [5, 5.41) is 3.72. The zero-order valence-corrected chi connectivity index (χ0v) is 11.8. The lowest BCUT2D eigenvalue weighted by Crippen LogP contribution is -2.37. The molecule has 1 aromatic rings. The molecule has 0 bridgehead atoms. The van der Waals surface area contributed by atoms with E-state index in [4.69, 9.17) is 4.74 Å². The van der Waals surface area contributed by atoms with E-state index in [1.54, 1.807) is 0 Å². The summed E-state index contributed by atoms with van der Waals surface area (Å²) in [5.74, 6) is 2.38. The molecule has 1 aliphatic rings. The van der Waals surface area contributed by atoms with Crippen molar-refractivity contribution >= 4 is 0 Å². The number of nitrogens with one attached hydrogen (secondary N) is 1. The number of ether oxygens (including phenoxy) is 1. The third-order valence-corrected chi connectivity index (χ3v) is 3.95. The van der Waals surface area contributed by atoms with Crippen molar-refractivity contribution < 1.29 is 4.74 Å². The van der Waals surface area contributed by atoms with Crippen LogP contribution < -0.4 is 10.1 Å². The number of rotatable bonds is 5. The molecule has 1 heterocycles. The van der Waals surface area contributed by atoms with E-state index >= 15 is 0 Å². The maximum atomic E-state index is 5.71. The summed E-state index contributed by atoms with van der Waals surface area (Å²) in [5.41, 5.74) is 1.37. The van der Waals surface area contributed by atoms with Crippen molar-refractivity contribution in [2.45, 2.75) is 45.6 Å². The van der Waals surface area contributed by atoms with Crippen molar-refractivity contribution in [2.24, 2.45) is 5.92 Å². The van der Waals surface area contributed by atoms with Crippen LogP contribution in [0.3, 0.4) is 0 Å². The van der Waals surface area contributed by atoms with Crippen molar-refractivity contribution in [3.63, 3.8) is 0 Å². The highest BCUT2D eigenvalue weighted by molar-refractivity contribution is 5.37. The van der Waals surface area contributed by atoms with Gasteiger partial charge in [-0.2, -0.15) is 0 Å². The molecule has 2 atom stereocenters. The van der Waals surface area contributed by atoms with Gasteiger partial charge in [-0.05, 0) is 30.4 Å². The lowest BCUT2D eigenvalue weighted by Gasteiger charge is -2.29. The molecule has 0 saturated carbocycles. The average Bonchev–Trinajstić information content (AvgIpc) is 2.39. The quantitative estimate of drug-likeness (QED) is 0.858. The molecular weight excluding hydrogens is 222 g/mol. The smallest absolute Gasteiger partial charge is 0.122 e. The van der Waals surface area contributed by atoms with E-state index in [-0.39, 0.29) is 0 Å². The number of hydrogen-bond donors (Lipinski definition) is 1. The molecule has 2 unspecified atom stereocenters. The molecule has 0 amide bonds. The second-order valence-electron chi connectivity index (χ2n) is 5.54. The standard InChI is InChI=1S/C16H25NO/c1-4-15(12(2)3)17-11-13-9-10-18-16-8-6-5-7-14(13)16/h5-8,12-13,15,17H,4,9-11H2,1-3H3. The topological polar surface area (TPSA) is 21.3 Å². The maximum Gasteiger partial charge on any atom is 0.122 e. The predicted octanol–water partition coefficient (Wildman–Crippen LogP) is 3.58. The summed E-state index contributed by atoms with van der Waals surface area (Å²) in [7, 11) is 0. The number of fused-ring (bicyclic) bond motifs is 1. The minimum absolute atomic E-state index is 0.600. The van der Waals surface area contributed by atoms with Gasteiger partial charge < -0.3 is 10.1 Å². The van der Waals surface area contributed by atoms with Crippen LogP contribution in [0.25, 0.3) is 0 Å². The van der Waals surface area contributed by atoms with Crippen LogP contribution in [-0.4, -0.2) is 19.2 Å². The summed E-state index contributed by atoms with van der Waals surface area (Å²) in [6.07, 6.45) is 2.32. The summed E-state index contributed by atoms with van der Waals surface area (Å²) < 4.78 is 5.71. The van der Waals surface area contributed by atoms with Crippen LogP contribution in [0.4, 0.5) is 0 Å². The molecular formula is C16H25NO. The van der Waals surface area contributed by atoms with E-state index in [9.17, 15) is 0 Å². The Morgan fingerprint density at radius 1 is 1.33 bits per heavy atom. The van der Waals surface area contributed by atoms with E-state index in [1.165, 1.54) is 12.0 Å². The molecule has 1 aromatic carbocycles. The van der Waals surface area contributed by atoms with Gasteiger partial charge in [-0.3, -0.25) is 0 Å². The minimum atomic E-state index is 0.600. The molecule has 0 aliphatic carbocycles. The fourth-order valence-electron chi connectivity index (χ4n) is 2.77. The van der Waals surface area contributed by atoms with E-state index in [1.807, 2.05) is 0 Å². The zero-order valence-electron chi connectivity index (χ0n) is 11.8.